The maximum absolute atomic E-state index is 13.0. The van der Waals surface area contributed by atoms with Crippen LogP contribution < -0.4 is 0 Å². The Morgan fingerprint density at radius 3 is 2.38 bits per heavy atom. The van der Waals surface area contributed by atoms with Crippen molar-refractivity contribution in [3.05, 3.63) is 70.5 Å². The third kappa shape index (κ3) is 3.89. The molecule has 0 spiro atoms. The summed E-state index contributed by atoms with van der Waals surface area (Å²) < 4.78 is 18.1. The SMILES string of the molecule is C[C@H](OC(=O)c1cccc(F)c1)C(=O)c1ccc(Cl)cc1. The third-order valence-electron chi connectivity index (χ3n) is 2.84. The number of hydrogen-bond donors (Lipinski definition) is 0. The molecule has 0 aliphatic heterocycles. The second-order valence-corrected chi connectivity index (χ2v) is 4.87. The number of carbonyl (C=O) groups is 2. The first kappa shape index (κ1) is 15.2. The van der Waals surface area contributed by atoms with Gasteiger partial charge in [0.2, 0.25) is 5.78 Å². The molecular weight excluding hydrogens is 295 g/mol. The molecule has 0 aliphatic carbocycles. The molecule has 0 amide bonds. The molecule has 0 fully saturated rings. The van der Waals surface area contributed by atoms with E-state index in [4.69, 9.17) is 16.3 Å². The molecule has 21 heavy (non-hydrogen) atoms. The van der Waals surface area contributed by atoms with Gasteiger partial charge in [-0.25, -0.2) is 9.18 Å². The number of rotatable bonds is 4. The van der Waals surface area contributed by atoms with Gasteiger partial charge < -0.3 is 4.74 Å². The Hall–Kier alpha value is -2.20. The van der Waals surface area contributed by atoms with Crippen molar-refractivity contribution in [2.45, 2.75) is 13.0 Å². The number of ether oxygens (including phenoxy) is 1. The number of Topliss-reactive ketones (excluding diaryl/α,β-unsaturated/α-hetero) is 1. The fourth-order valence-electron chi connectivity index (χ4n) is 1.75. The highest BCUT2D eigenvalue weighted by Crippen LogP contribution is 2.14. The summed E-state index contributed by atoms with van der Waals surface area (Å²) in [6.07, 6.45) is -0.970. The zero-order valence-corrected chi connectivity index (χ0v) is 11.9. The Kier molecular flexibility index (Phi) is 4.70. The molecule has 108 valence electrons. The molecule has 3 nitrogen and oxygen atoms in total. The maximum Gasteiger partial charge on any atom is 0.338 e. The first-order valence-electron chi connectivity index (χ1n) is 6.23. The van der Waals surface area contributed by atoms with Crippen LogP contribution in [-0.4, -0.2) is 17.9 Å². The Morgan fingerprint density at radius 1 is 1.10 bits per heavy atom. The molecule has 5 heteroatoms. The summed E-state index contributed by atoms with van der Waals surface area (Å²) in [5.74, 6) is -1.64. The molecule has 0 aromatic heterocycles. The molecule has 1 atom stereocenters. The van der Waals surface area contributed by atoms with Crippen LogP contribution in [0.1, 0.15) is 27.6 Å². The van der Waals surface area contributed by atoms with Crippen LogP contribution in [-0.2, 0) is 4.74 Å². The van der Waals surface area contributed by atoms with Crippen molar-refractivity contribution in [1.82, 2.24) is 0 Å². The van der Waals surface area contributed by atoms with Crippen molar-refractivity contribution in [2.75, 3.05) is 0 Å². The quantitative estimate of drug-likeness (QED) is 0.635. The molecule has 0 bridgehead atoms. The minimum Gasteiger partial charge on any atom is -0.451 e. The molecular formula is C16H12ClFO3. The minimum absolute atomic E-state index is 0.0609. The monoisotopic (exact) mass is 306 g/mol. The second-order valence-electron chi connectivity index (χ2n) is 4.43. The lowest BCUT2D eigenvalue weighted by atomic mass is 10.1. The topological polar surface area (TPSA) is 43.4 Å². The highest BCUT2D eigenvalue weighted by molar-refractivity contribution is 6.30. The van der Waals surface area contributed by atoms with Gasteiger partial charge >= 0.3 is 5.97 Å². The van der Waals surface area contributed by atoms with Crippen LogP contribution in [0.4, 0.5) is 4.39 Å². The Bertz CT molecular complexity index is 667. The number of benzene rings is 2. The summed E-state index contributed by atoms with van der Waals surface area (Å²) in [6.45, 7) is 1.47. The number of hydrogen-bond acceptors (Lipinski definition) is 3. The lowest BCUT2D eigenvalue weighted by Crippen LogP contribution is -2.24. The van der Waals surface area contributed by atoms with E-state index in [1.54, 1.807) is 24.3 Å². The number of carbonyl (C=O) groups excluding carboxylic acids is 2. The summed E-state index contributed by atoms with van der Waals surface area (Å²) in [6, 6.07) is 11.4. The normalized spacial score (nSPS) is 11.8. The van der Waals surface area contributed by atoms with E-state index >= 15 is 0 Å². The minimum atomic E-state index is -0.970. The highest BCUT2D eigenvalue weighted by atomic mass is 35.5. The van der Waals surface area contributed by atoms with Crippen molar-refractivity contribution in [3.63, 3.8) is 0 Å². The lowest BCUT2D eigenvalue weighted by Gasteiger charge is -2.12. The predicted octanol–water partition coefficient (Wildman–Crippen LogP) is 3.91. The van der Waals surface area contributed by atoms with Gasteiger partial charge in [-0.15, -0.1) is 0 Å². The summed E-state index contributed by atoms with van der Waals surface area (Å²) in [5, 5.41) is 0.510. The van der Waals surface area contributed by atoms with Crippen LogP contribution in [0, 0.1) is 5.82 Å². The molecule has 2 rings (SSSR count). The fraction of sp³-hybridized carbons (Fsp3) is 0.125. The third-order valence-corrected chi connectivity index (χ3v) is 3.09. The molecule has 0 saturated carbocycles. The van der Waals surface area contributed by atoms with Crippen molar-refractivity contribution >= 4 is 23.4 Å². The zero-order valence-electron chi connectivity index (χ0n) is 11.2. The van der Waals surface area contributed by atoms with Crippen molar-refractivity contribution < 1.29 is 18.7 Å². The van der Waals surface area contributed by atoms with Gasteiger partial charge in [-0.05, 0) is 49.4 Å². The van der Waals surface area contributed by atoms with Crippen LogP contribution in [0.5, 0.6) is 0 Å². The smallest absolute Gasteiger partial charge is 0.338 e. The molecule has 0 N–H and O–H groups in total. The van der Waals surface area contributed by atoms with E-state index in [9.17, 15) is 14.0 Å². The number of esters is 1. The zero-order chi connectivity index (χ0) is 15.4. The summed E-state index contributed by atoms with van der Waals surface area (Å²) in [7, 11) is 0. The van der Waals surface area contributed by atoms with E-state index in [1.165, 1.54) is 25.1 Å². The first-order chi connectivity index (χ1) is 9.97. The molecule has 0 heterocycles. The first-order valence-corrected chi connectivity index (χ1v) is 6.61. The molecule has 2 aromatic carbocycles. The molecule has 0 radical (unpaired) electrons. The second kappa shape index (κ2) is 6.50. The molecule has 0 aliphatic rings. The van der Waals surface area contributed by atoms with Gasteiger partial charge in [0.1, 0.15) is 5.82 Å². The van der Waals surface area contributed by atoms with Crippen LogP contribution in [0.3, 0.4) is 0 Å². The number of halogens is 2. The van der Waals surface area contributed by atoms with Crippen LogP contribution in [0.2, 0.25) is 5.02 Å². The van der Waals surface area contributed by atoms with Crippen LogP contribution in [0.25, 0.3) is 0 Å². The van der Waals surface area contributed by atoms with Gasteiger partial charge in [-0.3, -0.25) is 4.79 Å². The van der Waals surface area contributed by atoms with Crippen LogP contribution >= 0.6 is 11.6 Å². The summed E-state index contributed by atoms with van der Waals surface area (Å²) in [5.41, 5.74) is 0.449. The molecule has 0 unspecified atom stereocenters. The molecule has 2 aromatic rings. The maximum atomic E-state index is 13.0. The largest absolute Gasteiger partial charge is 0.451 e. The van der Waals surface area contributed by atoms with Crippen LogP contribution in [0.15, 0.2) is 48.5 Å². The fourth-order valence-corrected chi connectivity index (χ4v) is 1.87. The van der Waals surface area contributed by atoms with Crippen molar-refractivity contribution in [1.29, 1.82) is 0 Å². The van der Waals surface area contributed by atoms with E-state index < -0.39 is 17.9 Å². The average molecular weight is 307 g/mol. The van der Waals surface area contributed by atoms with Gasteiger partial charge in [0, 0.05) is 10.6 Å². The van der Waals surface area contributed by atoms with E-state index in [-0.39, 0.29) is 11.3 Å². The molecule has 0 saturated heterocycles. The predicted molar refractivity (Wildman–Crippen MR) is 77.1 cm³/mol. The van der Waals surface area contributed by atoms with Crippen molar-refractivity contribution in [2.24, 2.45) is 0 Å². The highest BCUT2D eigenvalue weighted by Gasteiger charge is 2.20. The Labute approximate surface area is 126 Å². The Balaban J connectivity index is 2.07. The Morgan fingerprint density at radius 2 is 1.76 bits per heavy atom. The lowest BCUT2D eigenvalue weighted by molar-refractivity contribution is 0.0318. The van der Waals surface area contributed by atoms with Gasteiger partial charge in [-0.1, -0.05) is 17.7 Å². The van der Waals surface area contributed by atoms with Gasteiger partial charge in [-0.2, -0.15) is 0 Å². The van der Waals surface area contributed by atoms with E-state index in [1.807, 2.05) is 0 Å². The van der Waals surface area contributed by atoms with E-state index in [2.05, 4.69) is 0 Å². The summed E-state index contributed by atoms with van der Waals surface area (Å²) >= 11 is 5.74. The van der Waals surface area contributed by atoms with Gasteiger partial charge in [0.25, 0.3) is 0 Å². The average Bonchev–Trinajstić information content (AvgIpc) is 2.47. The van der Waals surface area contributed by atoms with Gasteiger partial charge in [0.05, 0.1) is 5.56 Å². The van der Waals surface area contributed by atoms with E-state index in [0.717, 1.165) is 6.07 Å². The number of ketones is 1. The summed E-state index contributed by atoms with van der Waals surface area (Å²) in [4.78, 5) is 23.9. The van der Waals surface area contributed by atoms with Gasteiger partial charge in [0.15, 0.2) is 6.10 Å². The standard InChI is InChI=1S/C16H12ClFO3/c1-10(15(19)11-5-7-13(17)8-6-11)21-16(20)12-3-2-4-14(18)9-12/h2-10H,1H3/t10-/m0/s1. The van der Waals surface area contributed by atoms with E-state index in [0.29, 0.717) is 10.6 Å². The van der Waals surface area contributed by atoms with Crippen molar-refractivity contribution in [3.8, 4) is 0 Å².